The van der Waals surface area contributed by atoms with Gasteiger partial charge in [0, 0.05) is 17.7 Å². The van der Waals surface area contributed by atoms with E-state index in [0.29, 0.717) is 5.56 Å². The van der Waals surface area contributed by atoms with E-state index in [2.05, 4.69) is 53.7 Å². The third kappa shape index (κ3) is 1.70. The van der Waals surface area contributed by atoms with Crippen molar-refractivity contribution in [3.8, 4) is 11.8 Å². The Morgan fingerprint density at radius 3 is 2.55 bits per heavy atom. The second-order valence-electron chi connectivity index (χ2n) is 5.05. The molecule has 3 nitrogen and oxygen atoms in total. The van der Waals surface area contributed by atoms with Gasteiger partial charge in [-0.1, -0.05) is 16.8 Å². The molecule has 0 radical (unpaired) electrons. The van der Waals surface area contributed by atoms with E-state index in [4.69, 9.17) is 5.26 Å². The van der Waals surface area contributed by atoms with Crippen LogP contribution in [-0.4, -0.2) is 4.68 Å². The average molecular weight is 262 g/mol. The number of fused-ring (bicyclic) bond motifs is 1. The molecule has 3 aromatic rings. The van der Waals surface area contributed by atoms with Crippen LogP contribution in [-0.2, 0) is 7.05 Å². The highest BCUT2D eigenvalue weighted by molar-refractivity contribution is 5.78. The fourth-order valence-corrected chi connectivity index (χ4v) is 2.70. The SMILES string of the molecule is Cc1cc(C#N)ccc1-[n+]1c2ccccc2c(C)n1C. The normalized spacial score (nSPS) is 10.7. The van der Waals surface area contributed by atoms with Crippen LogP contribution in [0, 0.1) is 25.2 Å². The summed E-state index contributed by atoms with van der Waals surface area (Å²) in [5.41, 5.74) is 5.31. The molecule has 20 heavy (non-hydrogen) atoms. The van der Waals surface area contributed by atoms with Crippen molar-refractivity contribution in [2.75, 3.05) is 0 Å². The first kappa shape index (κ1) is 12.4. The Morgan fingerprint density at radius 1 is 1.10 bits per heavy atom. The lowest BCUT2D eigenvalue weighted by Gasteiger charge is -2.02. The minimum absolute atomic E-state index is 0.696. The zero-order chi connectivity index (χ0) is 14.3. The molecule has 3 heteroatoms. The molecular formula is C17H16N3+. The van der Waals surface area contributed by atoms with Crippen LogP contribution in [0.5, 0.6) is 0 Å². The van der Waals surface area contributed by atoms with Crippen molar-refractivity contribution < 1.29 is 4.68 Å². The van der Waals surface area contributed by atoms with Gasteiger partial charge in [-0.15, -0.1) is 0 Å². The summed E-state index contributed by atoms with van der Waals surface area (Å²) in [6.45, 7) is 4.16. The fraction of sp³-hybridized carbons (Fsp3) is 0.176. The minimum atomic E-state index is 0.696. The minimum Gasteiger partial charge on any atom is -0.192 e. The van der Waals surface area contributed by atoms with Gasteiger partial charge in [-0.2, -0.15) is 9.94 Å². The van der Waals surface area contributed by atoms with Gasteiger partial charge in [-0.05, 0) is 32.0 Å². The van der Waals surface area contributed by atoms with Crippen LogP contribution >= 0.6 is 0 Å². The largest absolute Gasteiger partial charge is 0.245 e. The monoisotopic (exact) mass is 262 g/mol. The number of rotatable bonds is 1. The molecule has 0 spiro atoms. The summed E-state index contributed by atoms with van der Waals surface area (Å²) in [5.74, 6) is 0. The van der Waals surface area contributed by atoms with Gasteiger partial charge < -0.3 is 0 Å². The third-order valence-corrected chi connectivity index (χ3v) is 3.86. The lowest BCUT2D eigenvalue weighted by atomic mass is 10.1. The number of hydrogen-bond acceptors (Lipinski definition) is 1. The smallest absolute Gasteiger partial charge is 0.192 e. The van der Waals surface area contributed by atoms with Crippen molar-refractivity contribution in [3.63, 3.8) is 0 Å². The Bertz CT molecular complexity index is 851. The molecule has 0 aliphatic heterocycles. The molecule has 0 saturated carbocycles. The molecule has 1 heterocycles. The quantitative estimate of drug-likeness (QED) is 0.621. The van der Waals surface area contributed by atoms with Crippen LogP contribution in [0.3, 0.4) is 0 Å². The van der Waals surface area contributed by atoms with E-state index in [1.165, 1.54) is 16.6 Å². The summed E-state index contributed by atoms with van der Waals surface area (Å²) in [4.78, 5) is 0. The van der Waals surface area contributed by atoms with Crippen molar-refractivity contribution >= 4 is 10.9 Å². The van der Waals surface area contributed by atoms with Gasteiger partial charge in [0.25, 0.3) is 0 Å². The Morgan fingerprint density at radius 2 is 1.85 bits per heavy atom. The average Bonchev–Trinajstić information content (AvgIpc) is 2.72. The Labute approximate surface area is 118 Å². The molecule has 1 aromatic heterocycles. The van der Waals surface area contributed by atoms with E-state index < -0.39 is 0 Å². The van der Waals surface area contributed by atoms with Crippen LogP contribution in [0.1, 0.15) is 16.8 Å². The Balaban J connectivity index is 2.36. The second-order valence-corrected chi connectivity index (χ2v) is 5.05. The summed E-state index contributed by atoms with van der Waals surface area (Å²) < 4.78 is 4.35. The zero-order valence-corrected chi connectivity index (χ0v) is 11.9. The van der Waals surface area contributed by atoms with Crippen LogP contribution < -0.4 is 4.68 Å². The Kier molecular flexibility index (Phi) is 2.80. The molecule has 0 aliphatic rings. The van der Waals surface area contributed by atoms with E-state index in [1.54, 1.807) is 0 Å². The van der Waals surface area contributed by atoms with E-state index in [0.717, 1.165) is 11.3 Å². The molecule has 3 rings (SSSR count). The van der Waals surface area contributed by atoms with Gasteiger partial charge in [-0.25, -0.2) is 0 Å². The molecule has 0 N–H and O–H groups in total. The maximum atomic E-state index is 8.99. The number of aryl methyl sites for hydroxylation is 2. The van der Waals surface area contributed by atoms with Crippen molar-refractivity contribution in [2.45, 2.75) is 13.8 Å². The van der Waals surface area contributed by atoms with E-state index >= 15 is 0 Å². The number of aromatic nitrogens is 2. The lowest BCUT2D eigenvalue weighted by molar-refractivity contribution is -0.659. The number of nitriles is 1. The fourth-order valence-electron chi connectivity index (χ4n) is 2.70. The van der Waals surface area contributed by atoms with Crippen LogP contribution in [0.15, 0.2) is 42.5 Å². The van der Waals surface area contributed by atoms with Gasteiger partial charge in [0.2, 0.25) is 11.2 Å². The van der Waals surface area contributed by atoms with Gasteiger partial charge in [0.05, 0.1) is 29.8 Å². The highest BCUT2D eigenvalue weighted by Gasteiger charge is 2.22. The Hall–Kier alpha value is -2.60. The molecule has 0 unspecified atom stereocenters. The summed E-state index contributed by atoms with van der Waals surface area (Å²) in [6, 6.07) is 16.4. The van der Waals surface area contributed by atoms with Gasteiger partial charge in [0.1, 0.15) is 0 Å². The molecule has 98 valence electrons. The summed E-state index contributed by atoms with van der Waals surface area (Å²) in [7, 11) is 2.06. The maximum Gasteiger partial charge on any atom is 0.245 e. The molecule has 2 aromatic carbocycles. The first-order valence-electron chi connectivity index (χ1n) is 6.61. The molecule has 0 atom stereocenters. The van der Waals surface area contributed by atoms with Crippen molar-refractivity contribution in [3.05, 3.63) is 59.3 Å². The summed E-state index contributed by atoms with van der Waals surface area (Å²) in [6.07, 6.45) is 0. The number of hydrogen-bond donors (Lipinski definition) is 0. The van der Waals surface area contributed by atoms with Gasteiger partial charge in [0.15, 0.2) is 0 Å². The number of para-hydroxylation sites is 1. The number of benzene rings is 2. The third-order valence-electron chi connectivity index (χ3n) is 3.86. The predicted molar refractivity (Wildman–Crippen MR) is 78.6 cm³/mol. The zero-order valence-electron chi connectivity index (χ0n) is 11.9. The molecular weight excluding hydrogens is 246 g/mol. The van der Waals surface area contributed by atoms with Gasteiger partial charge >= 0.3 is 0 Å². The molecule has 0 fully saturated rings. The van der Waals surface area contributed by atoms with Crippen LogP contribution in [0.2, 0.25) is 0 Å². The summed E-state index contributed by atoms with van der Waals surface area (Å²) in [5, 5.41) is 10.2. The van der Waals surface area contributed by atoms with Crippen molar-refractivity contribution in [2.24, 2.45) is 7.05 Å². The highest BCUT2D eigenvalue weighted by atomic mass is 15.4. The predicted octanol–water partition coefficient (Wildman–Crippen LogP) is 2.94. The lowest BCUT2D eigenvalue weighted by Crippen LogP contribution is -2.40. The van der Waals surface area contributed by atoms with E-state index in [9.17, 15) is 0 Å². The van der Waals surface area contributed by atoms with Gasteiger partial charge in [-0.3, -0.25) is 0 Å². The van der Waals surface area contributed by atoms with Crippen molar-refractivity contribution in [1.29, 1.82) is 5.26 Å². The van der Waals surface area contributed by atoms with Crippen LogP contribution in [0.4, 0.5) is 0 Å². The standard InChI is InChI=1S/C17H16N3/c1-12-10-14(11-18)8-9-16(12)20-17-7-5-4-6-15(17)13(2)19(20)3/h4-10H,1-3H3/q+1. The first-order valence-corrected chi connectivity index (χ1v) is 6.61. The van der Waals surface area contributed by atoms with E-state index in [-0.39, 0.29) is 0 Å². The first-order chi connectivity index (χ1) is 9.63. The topological polar surface area (TPSA) is 32.6 Å². The maximum absolute atomic E-state index is 8.99. The van der Waals surface area contributed by atoms with Crippen LogP contribution in [0.25, 0.3) is 16.6 Å². The van der Waals surface area contributed by atoms with E-state index in [1.807, 2.05) is 25.1 Å². The second kappa shape index (κ2) is 4.50. The summed E-state index contributed by atoms with van der Waals surface area (Å²) >= 11 is 0. The number of nitrogens with zero attached hydrogens (tertiary/aromatic N) is 3. The van der Waals surface area contributed by atoms with Crippen molar-refractivity contribution in [1.82, 2.24) is 4.68 Å². The molecule has 0 bridgehead atoms. The highest BCUT2D eigenvalue weighted by Crippen LogP contribution is 2.19. The molecule has 0 aliphatic carbocycles. The molecule has 0 amide bonds. The molecule has 0 saturated heterocycles.